The molecule has 2 atom stereocenters. The molecule has 2 heterocycles. The number of H-pyrrole nitrogens is 1. The van der Waals surface area contributed by atoms with E-state index in [0.29, 0.717) is 25.9 Å². The molecule has 1 aliphatic heterocycles. The standard InChI is InChI=1S/C21H28N4O2/c1-27-15-8-6-14(7-9-15)17-12-25(13-18(17)22)21(26)11-10-20-16-4-2-3-5-19(16)23-24-20/h6-9,17-18H,2-5,10-13,22H2,1H3,(H,23,24). The van der Waals surface area contributed by atoms with Crippen LogP contribution in [0.5, 0.6) is 5.75 Å². The molecule has 1 amide bonds. The van der Waals surface area contributed by atoms with E-state index in [1.54, 1.807) is 7.11 Å². The number of aromatic nitrogens is 2. The molecule has 6 nitrogen and oxygen atoms in total. The Balaban J connectivity index is 1.36. The number of amides is 1. The summed E-state index contributed by atoms with van der Waals surface area (Å²) in [5.74, 6) is 1.19. The van der Waals surface area contributed by atoms with Gasteiger partial charge in [0, 0.05) is 43.6 Å². The van der Waals surface area contributed by atoms with Crippen LogP contribution < -0.4 is 10.5 Å². The van der Waals surface area contributed by atoms with Gasteiger partial charge in [-0.05, 0) is 48.9 Å². The van der Waals surface area contributed by atoms with Crippen LogP contribution in [0, 0.1) is 0 Å². The Labute approximate surface area is 160 Å². The molecule has 0 bridgehead atoms. The van der Waals surface area contributed by atoms with Crippen LogP contribution in [-0.2, 0) is 24.1 Å². The van der Waals surface area contributed by atoms with E-state index in [0.717, 1.165) is 24.3 Å². The molecule has 3 N–H and O–H groups in total. The van der Waals surface area contributed by atoms with Crippen LogP contribution in [0.4, 0.5) is 0 Å². The van der Waals surface area contributed by atoms with Crippen LogP contribution in [0.15, 0.2) is 24.3 Å². The lowest BCUT2D eigenvalue weighted by atomic mass is 9.94. The van der Waals surface area contributed by atoms with Gasteiger partial charge in [-0.15, -0.1) is 0 Å². The second-order valence-electron chi connectivity index (χ2n) is 7.68. The third-order valence-corrected chi connectivity index (χ3v) is 5.98. The number of aryl methyl sites for hydroxylation is 2. The molecule has 27 heavy (non-hydrogen) atoms. The lowest BCUT2D eigenvalue weighted by Crippen LogP contribution is -2.32. The summed E-state index contributed by atoms with van der Waals surface area (Å²) in [6.45, 7) is 1.30. The normalized spacial score (nSPS) is 21.9. The number of rotatable bonds is 5. The Morgan fingerprint density at radius 3 is 2.81 bits per heavy atom. The summed E-state index contributed by atoms with van der Waals surface area (Å²) in [7, 11) is 1.66. The minimum absolute atomic E-state index is 0.0273. The van der Waals surface area contributed by atoms with Crippen molar-refractivity contribution in [3.05, 3.63) is 46.8 Å². The lowest BCUT2D eigenvalue weighted by molar-refractivity contribution is -0.130. The summed E-state index contributed by atoms with van der Waals surface area (Å²) in [6, 6.07) is 7.97. The number of benzene rings is 1. The molecular weight excluding hydrogens is 340 g/mol. The summed E-state index contributed by atoms with van der Waals surface area (Å²) in [4.78, 5) is 14.7. The smallest absolute Gasteiger partial charge is 0.223 e. The van der Waals surface area contributed by atoms with Gasteiger partial charge in [-0.25, -0.2) is 0 Å². The Kier molecular flexibility index (Phi) is 5.16. The number of aromatic amines is 1. The van der Waals surface area contributed by atoms with Gasteiger partial charge in [0.2, 0.25) is 5.91 Å². The minimum atomic E-state index is -0.0273. The Bertz CT molecular complexity index is 799. The second kappa shape index (κ2) is 7.72. The van der Waals surface area contributed by atoms with Gasteiger partial charge in [-0.1, -0.05) is 12.1 Å². The van der Waals surface area contributed by atoms with Crippen molar-refractivity contribution in [2.24, 2.45) is 5.73 Å². The van der Waals surface area contributed by atoms with Gasteiger partial charge in [0.05, 0.1) is 12.8 Å². The highest BCUT2D eigenvalue weighted by atomic mass is 16.5. The van der Waals surface area contributed by atoms with Gasteiger partial charge in [0.25, 0.3) is 0 Å². The molecule has 4 rings (SSSR count). The van der Waals surface area contributed by atoms with Crippen LogP contribution in [0.3, 0.4) is 0 Å². The van der Waals surface area contributed by atoms with E-state index in [4.69, 9.17) is 10.5 Å². The molecule has 2 unspecified atom stereocenters. The lowest BCUT2D eigenvalue weighted by Gasteiger charge is -2.17. The van der Waals surface area contributed by atoms with Crippen molar-refractivity contribution >= 4 is 5.91 Å². The molecule has 6 heteroatoms. The van der Waals surface area contributed by atoms with Crippen LogP contribution >= 0.6 is 0 Å². The van der Waals surface area contributed by atoms with Gasteiger partial charge in [0.1, 0.15) is 5.75 Å². The number of methoxy groups -OCH3 is 1. The molecule has 144 valence electrons. The molecule has 1 fully saturated rings. The van der Waals surface area contributed by atoms with Crippen LogP contribution in [0.2, 0.25) is 0 Å². The van der Waals surface area contributed by atoms with E-state index >= 15 is 0 Å². The van der Waals surface area contributed by atoms with Crippen LogP contribution in [0.25, 0.3) is 0 Å². The third kappa shape index (κ3) is 3.72. The van der Waals surface area contributed by atoms with Crippen molar-refractivity contribution in [1.29, 1.82) is 0 Å². The Hall–Kier alpha value is -2.34. The van der Waals surface area contributed by atoms with E-state index in [9.17, 15) is 4.79 Å². The predicted octanol–water partition coefficient (Wildman–Crippen LogP) is 2.18. The fourth-order valence-electron chi connectivity index (χ4n) is 4.38. The van der Waals surface area contributed by atoms with Crippen molar-refractivity contribution < 1.29 is 9.53 Å². The number of hydrogen-bond acceptors (Lipinski definition) is 4. The van der Waals surface area contributed by atoms with Crippen molar-refractivity contribution in [2.45, 2.75) is 50.5 Å². The minimum Gasteiger partial charge on any atom is -0.497 e. The third-order valence-electron chi connectivity index (χ3n) is 5.98. The first-order chi connectivity index (χ1) is 13.2. The van der Waals surface area contributed by atoms with Crippen molar-refractivity contribution in [3.8, 4) is 5.75 Å². The van der Waals surface area contributed by atoms with Crippen molar-refractivity contribution in [2.75, 3.05) is 20.2 Å². The molecular formula is C21H28N4O2. The number of likely N-dealkylation sites (tertiary alicyclic amines) is 1. The summed E-state index contributed by atoms with van der Waals surface area (Å²) in [5, 5.41) is 7.62. The zero-order valence-corrected chi connectivity index (χ0v) is 15.9. The van der Waals surface area contributed by atoms with E-state index in [1.165, 1.54) is 29.7 Å². The first-order valence-electron chi connectivity index (χ1n) is 9.88. The SMILES string of the molecule is COc1ccc(C2CN(C(=O)CCc3n[nH]c4c3CCCC4)CC2N)cc1. The summed E-state index contributed by atoms with van der Waals surface area (Å²) in [6.07, 6.45) is 5.83. The summed E-state index contributed by atoms with van der Waals surface area (Å²) in [5.41, 5.74) is 11.2. The van der Waals surface area contributed by atoms with Gasteiger partial charge in [0.15, 0.2) is 0 Å². The second-order valence-corrected chi connectivity index (χ2v) is 7.68. The molecule has 2 aromatic rings. The number of nitrogens with two attached hydrogens (primary N) is 1. The number of ether oxygens (including phenoxy) is 1. The number of fused-ring (bicyclic) bond motifs is 1. The van der Waals surface area contributed by atoms with Gasteiger partial charge < -0.3 is 15.4 Å². The highest BCUT2D eigenvalue weighted by molar-refractivity contribution is 5.77. The van der Waals surface area contributed by atoms with Crippen LogP contribution in [-0.4, -0.2) is 47.2 Å². The first kappa shape index (κ1) is 18.0. The quantitative estimate of drug-likeness (QED) is 0.847. The maximum absolute atomic E-state index is 12.7. The average Bonchev–Trinajstić information content (AvgIpc) is 3.30. The van der Waals surface area contributed by atoms with E-state index in [-0.39, 0.29) is 17.9 Å². The molecule has 0 saturated carbocycles. The monoisotopic (exact) mass is 368 g/mol. The Morgan fingerprint density at radius 1 is 1.26 bits per heavy atom. The van der Waals surface area contributed by atoms with Gasteiger partial charge >= 0.3 is 0 Å². The van der Waals surface area contributed by atoms with E-state index in [2.05, 4.69) is 10.2 Å². The number of carbonyl (C=O) groups excluding carboxylic acids is 1. The highest BCUT2D eigenvalue weighted by Gasteiger charge is 2.33. The number of nitrogens with one attached hydrogen (secondary N) is 1. The van der Waals surface area contributed by atoms with Gasteiger partial charge in [-0.3, -0.25) is 9.89 Å². The van der Waals surface area contributed by atoms with Crippen molar-refractivity contribution in [1.82, 2.24) is 15.1 Å². The maximum Gasteiger partial charge on any atom is 0.223 e. The zero-order valence-electron chi connectivity index (χ0n) is 15.9. The number of carbonyl (C=O) groups is 1. The fraction of sp³-hybridized carbons (Fsp3) is 0.524. The molecule has 0 spiro atoms. The molecule has 0 radical (unpaired) electrons. The fourth-order valence-corrected chi connectivity index (χ4v) is 4.38. The largest absolute Gasteiger partial charge is 0.497 e. The maximum atomic E-state index is 12.7. The van der Waals surface area contributed by atoms with E-state index < -0.39 is 0 Å². The van der Waals surface area contributed by atoms with Crippen molar-refractivity contribution in [3.63, 3.8) is 0 Å². The summed E-state index contributed by atoms with van der Waals surface area (Å²) >= 11 is 0. The zero-order chi connectivity index (χ0) is 18.8. The average molecular weight is 368 g/mol. The highest BCUT2D eigenvalue weighted by Crippen LogP contribution is 2.29. The van der Waals surface area contributed by atoms with Crippen LogP contribution in [0.1, 0.15) is 47.7 Å². The molecule has 1 saturated heterocycles. The topological polar surface area (TPSA) is 84.2 Å². The predicted molar refractivity (Wildman–Crippen MR) is 104 cm³/mol. The Morgan fingerprint density at radius 2 is 2.04 bits per heavy atom. The number of hydrogen-bond donors (Lipinski definition) is 2. The summed E-state index contributed by atoms with van der Waals surface area (Å²) < 4.78 is 5.22. The molecule has 2 aliphatic rings. The number of nitrogens with zero attached hydrogens (tertiary/aromatic N) is 2. The molecule has 1 aromatic heterocycles. The first-order valence-corrected chi connectivity index (χ1v) is 9.88. The molecule has 1 aromatic carbocycles. The van der Waals surface area contributed by atoms with E-state index in [1.807, 2.05) is 29.2 Å². The van der Waals surface area contributed by atoms with Gasteiger partial charge in [-0.2, -0.15) is 5.10 Å². The molecule has 1 aliphatic carbocycles.